The Morgan fingerprint density at radius 1 is 0.913 bits per heavy atom. The van der Waals surface area contributed by atoms with Crippen LogP contribution in [0.4, 0.5) is 0 Å². The van der Waals surface area contributed by atoms with Gasteiger partial charge < -0.3 is 0 Å². The van der Waals surface area contributed by atoms with Gasteiger partial charge in [-0.15, -0.1) is 0 Å². The average molecular weight is 315 g/mol. The highest BCUT2D eigenvalue weighted by Gasteiger charge is 2.44. The molecule has 2 aliphatic rings. The van der Waals surface area contributed by atoms with Crippen molar-refractivity contribution >= 4 is 5.78 Å². The normalized spacial score (nSPS) is 25.6. The van der Waals surface area contributed by atoms with Crippen LogP contribution in [0.15, 0.2) is 34.4 Å². The molecule has 0 saturated carbocycles. The lowest BCUT2D eigenvalue weighted by molar-refractivity contribution is -0.114. The van der Waals surface area contributed by atoms with Gasteiger partial charge in [-0.25, -0.2) is 0 Å². The van der Waals surface area contributed by atoms with E-state index in [0.29, 0.717) is 5.92 Å². The van der Waals surface area contributed by atoms with Crippen molar-refractivity contribution in [3.05, 3.63) is 34.4 Å². The molecule has 128 valence electrons. The molecular weight excluding hydrogens is 280 g/mol. The second kappa shape index (κ2) is 5.46. The predicted octanol–water partition coefficient (Wildman–Crippen LogP) is 6.27. The molecule has 0 bridgehead atoms. The third-order valence-corrected chi connectivity index (χ3v) is 5.76. The number of hydrogen-bond donors (Lipinski definition) is 0. The average Bonchev–Trinajstić information content (AvgIpc) is 2.36. The van der Waals surface area contributed by atoms with E-state index in [1.54, 1.807) is 0 Å². The van der Waals surface area contributed by atoms with Crippen LogP contribution < -0.4 is 0 Å². The molecule has 0 aromatic heterocycles. The molecule has 0 aromatic rings. The first-order valence-electron chi connectivity index (χ1n) is 8.94. The molecule has 23 heavy (non-hydrogen) atoms. The molecule has 1 unspecified atom stereocenters. The van der Waals surface area contributed by atoms with Gasteiger partial charge in [-0.2, -0.15) is 0 Å². The van der Waals surface area contributed by atoms with Crippen molar-refractivity contribution in [2.24, 2.45) is 22.2 Å². The first kappa shape index (κ1) is 18.2. The van der Waals surface area contributed by atoms with E-state index in [9.17, 15) is 4.79 Å². The molecule has 0 radical (unpaired) electrons. The molecule has 0 N–H and O–H groups in total. The highest BCUT2D eigenvalue weighted by atomic mass is 16.1. The fourth-order valence-electron chi connectivity index (χ4n) is 3.96. The minimum absolute atomic E-state index is 0.00271. The first-order chi connectivity index (χ1) is 10.3. The summed E-state index contributed by atoms with van der Waals surface area (Å²) in [6.07, 6.45) is 6.82. The number of Topliss-reactive ketones (excluding diaryl/α,β-unsaturated/α-hetero) is 1. The number of ketones is 1. The van der Waals surface area contributed by atoms with Gasteiger partial charge in [-0.05, 0) is 43.4 Å². The Hall–Kier alpha value is -1.11. The molecule has 2 rings (SSSR count). The zero-order valence-corrected chi connectivity index (χ0v) is 16.6. The third-order valence-electron chi connectivity index (χ3n) is 5.76. The maximum Gasteiger partial charge on any atom is 0.185 e. The smallest absolute Gasteiger partial charge is 0.185 e. The second-order valence-corrected chi connectivity index (χ2v) is 9.90. The maximum atomic E-state index is 13.1. The number of carbonyl (C=O) groups is 1. The first-order valence-corrected chi connectivity index (χ1v) is 8.94. The molecule has 0 heterocycles. The van der Waals surface area contributed by atoms with E-state index in [0.717, 1.165) is 24.0 Å². The maximum absolute atomic E-state index is 13.1. The zero-order valence-electron chi connectivity index (χ0n) is 16.6. The van der Waals surface area contributed by atoms with E-state index in [1.807, 2.05) is 0 Å². The number of allylic oxidation sites excluding steroid dienone is 6. The molecule has 2 aliphatic carbocycles. The van der Waals surface area contributed by atoms with E-state index < -0.39 is 0 Å². The van der Waals surface area contributed by atoms with E-state index >= 15 is 0 Å². The van der Waals surface area contributed by atoms with Crippen LogP contribution >= 0.6 is 0 Å². The van der Waals surface area contributed by atoms with Crippen LogP contribution in [0.25, 0.3) is 0 Å². The summed E-state index contributed by atoms with van der Waals surface area (Å²) in [5.74, 6) is 0.792. The van der Waals surface area contributed by atoms with Crippen molar-refractivity contribution in [3.63, 3.8) is 0 Å². The van der Waals surface area contributed by atoms with Gasteiger partial charge >= 0.3 is 0 Å². The van der Waals surface area contributed by atoms with Crippen LogP contribution in [0.1, 0.15) is 75.2 Å². The summed E-state index contributed by atoms with van der Waals surface area (Å²) in [5.41, 5.74) is 4.80. The highest BCUT2D eigenvalue weighted by molar-refractivity contribution is 6.11. The molecule has 0 saturated heterocycles. The van der Waals surface area contributed by atoms with E-state index in [4.69, 9.17) is 0 Å². The van der Waals surface area contributed by atoms with Gasteiger partial charge in [0, 0.05) is 16.6 Å². The summed E-state index contributed by atoms with van der Waals surface area (Å²) >= 11 is 0. The van der Waals surface area contributed by atoms with E-state index in [-0.39, 0.29) is 22.0 Å². The molecular formula is C22H34O. The van der Waals surface area contributed by atoms with Gasteiger partial charge in [0.15, 0.2) is 5.78 Å². The topological polar surface area (TPSA) is 17.1 Å². The largest absolute Gasteiger partial charge is 0.289 e. The van der Waals surface area contributed by atoms with Crippen LogP contribution in [-0.4, -0.2) is 5.78 Å². The SMILES string of the molecule is CC1=C(C)CC2(C=C(C(C)(C)C)C(=O)C(C(C)(C)C)=C2)C(C)C1. The van der Waals surface area contributed by atoms with Crippen LogP contribution in [-0.2, 0) is 4.79 Å². The lowest BCUT2D eigenvalue weighted by Gasteiger charge is -2.45. The van der Waals surface area contributed by atoms with Gasteiger partial charge in [0.05, 0.1) is 0 Å². The highest BCUT2D eigenvalue weighted by Crippen LogP contribution is 2.52. The number of rotatable bonds is 0. The minimum Gasteiger partial charge on any atom is -0.289 e. The fraction of sp³-hybridized carbons (Fsp3) is 0.682. The van der Waals surface area contributed by atoms with Gasteiger partial charge in [-0.1, -0.05) is 71.8 Å². The quantitative estimate of drug-likeness (QED) is 0.482. The van der Waals surface area contributed by atoms with Crippen LogP contribution in [0.5, 0.6) is 0 Å². The fourth-order valence-corrected chi connectivity index (χ4v) is 3.96. The Kier molecular flexibility index (Phi) is 4.33. The van der Waals surface area contributed by atoms with Crippen molar-refractivity contribution in [3.8, 4) is 0 Å². The van der Waals surface area contributed by atoms with E-state index in [2.05, 4.69) is 74.5 Å². The molecule has 1 atom stereocenters. The summed E-state index contributed by atoms with van der Waals surface area (Å²) in [4.78, 5) is 13.1. The Morgan fingerprint density at radius 2 is 1.35 bits per heavy atom. The summed E-state index contributed by atoms with van der Waals surface area (Å²) in [6, 6.07) is 0. The summed E-state index contributed by atoms with van der Waals surface area (Å²) < 4.78 is 0. The van der Waals surface area contributed by atoms with Gasteiger partial charge in [0.1, 0.15) is 0 Å². The standard InChI is InChI=1S/C22H34O/c1-14-10-16(3)22(11-15(14)2)12-17(20(4,5)6)19(23)18(13-22)21(7,8)9/h12-13,16H,10-11H2,1-9H3. The summed E-state index contributed by atoms with van der Waals surface area (Å²) in [7, 11) is 0. The Morgan fingerprint density at radius 3 is 1.74 bits per heavy atom. The van der Waals surface area contributed by atoms with Crippen molar-refractivity contribution in [2.75, 3.05) is 0 Å². The van der Waals surface area contributed by atoms with Gasteiger partial charge in [0.2, 0.25) is 0 Å². The van der Waals surface area contributed by atoms with Gasteiger partial charge in [0.25, 0.3) is 0 Å². The molecule has 0 aromatic carbocycles. The molecule has 1 nitrogen and oxygen atoms in total. The van der Waals surface area contributed by atoms with Crippen LogP contribution in [0.3, 0.4) is 0 Å². The lowest BCUT2D eigenvalue weighted by atomic mass is 9.58. The minimum atomic E-state index is -0.112. The molecule has 1 heteroatoms. The third kappa shape index (κ3) is 3.25. The Bertz CT molecular complexity index is 577. The Balaban J connectivity index is 2.68. The summed E-state index contributed by atoms with van der Waals surface area (Å²) in [6.45, 7) is 19.8. The van der Waals surface area contributed by atoms with Gasteiger partial charge in [-0.3, -0.25) is 4.79 Å². The summed E-state index contributed by atoms with van der Waals surface area (Å²) in [5, 5.41) is 0. The molecule has 0 amide bonds. The predicted molar refractivity (Wildman–Crippen MR) is 99.3 cm³/mol. The van der Waals surface area contributed by atoms with E-state index in [1.165, 1.54) is 11.1 Å². The van der Waals surface area contributed by atoms with Crippen molar-refractivity contribution in [2.45, 2.75) is 75.2 Å². The van der Waals surface area contributed by atoms with Crippen LogP contribution in [0, 0.1) is 22.2 Å². The second-order valence-electron chi connectivity index (χ2n) is 9.90. The Labute approximate surface area is 142 Å². The number of hydrogen-bond acceptors (Lipinski definition) is 1. The number of carbonyl (C=O) groups excluding carboxylic acids is 1. The monoisotopic (exact) mass is 314 g/mol. The lowest BCUT2D eigenvalue weighted by Crippen LogP contribution is -2.38. The molecule has 0 aliphatic heterocycles. The zero-order chi connectivity index (χ0) is 17.8. The van der Waals surface area contributed by atoms with Crippen LogP contribution in [0.2, 0.25) is 0 Å². The molecule has 0 fully saturated rings. The van der Waals surface area contributed by atoms with Crippen molar-refractivity contribution in [1.82, 2.24) is 0 Å². The van der Waals surface area contributed by atoms with Crippen molar-refractivity contribution in [1.29, 1.82) is 0 Å². The van der Waals surface area contributed by atoms with Crippen molar-refractivity contribution < 1.29 is 4.79 Å². The molecule has 1 spiro atoms.